The van der Waals surface area contributed by atoms with Crippen LogP contribution in [0.3, 0.4) is 0 Å². The monoisotopic (exact) mass is 370 g/mol. The van der Waals surface area contributed by atoms with Crippen LogP contribution in [0.15, 0.2) is 46.1 Å². The number of fused-ring (bicyclic) bond motifs is 1. The minimum Gasteiger partial charge on any atom is -0.337 e. The predicted octanol–water partition coefficient (Wildman–Crippen LogP) is 2.00. The second-order valence-corrected chi connectivity index (χ2v) is 6.35. The van der Waals surface area contributed by atoms with Crippen molar-refractivity contribution in [3.8, 4) is 0 Å². The van der Waals surface area contributed by atoms with Crippen LogP contribution >= 0.6 is 11.6 Å². The first kappa shape index (κ1) is 16.5. The van der Waals surface area contributed by atoms with Crippen molar-refractivity contribution >= 4 is 22.6 Å². The average molecular weight is 371 g/mol. The summed E-state index contributed by atoms with van der Waals surface area (Å²) in [6.45, 7) is 0.168. The molecule has 0 saturated carbocycles. The third kappa shape index (κ3) is 3.23. The largest absolute Gasteiger partial charge is 0.337 e. The van der Waals surface area contributed by atoms with Gasteiger partial charge in [0.2, 0.25) is 5.89 Å². The molecule has 0 aliphatic rings. The highest BCUT2D eigenvalue weighted by Gasteiger charge is 2.12. The fraction of sp³-hybridized carbons (Fsp3) is 0.235. The summed E-state index contributed by atoms with van der Waals surface area (Å²) in [7, 11) is 1.71. The normalized spacial score (nSPS) is 11.3. The summed E-state index contributed by atoms with van der Waals surface area (Å²) in [5.74, 6) is 0.957. The predicted molar refractivity (Wildman–Crippen MR) is 95.0 cm³/mol. The lowest BCUT2D eigenvalue weighted by Gasteiger charge is -2.01. The number of aryl methyl sites for hydroxylation is 3. The van der Waals surface area contributed by atoms with Crippen LogP contribution in [0, 0.1) is 0 Å². The van der Waals surface area contributed by atoms with Gasteiger partial charge < -0.3 is 4.52 Å². The van der Waals surface area contributed by atoms with Gasteiger partial charge in [0.05, 0.1) is 12.5 Å². The minimum absolute atomic E-state index is 0.168. The molecule has 0 saturated heterocycles. The molecule has 0 N–H and O–H groups in total. The third-order valence-electron chi connectivity index (χ3n) is 4.09. The summed E-state index contributed by atoms with van der Waals surface area (Å²) in [5, 5.41) is 8.74. The van der Waals surface area contributed by atoms with Crippen LogP contribution < -0.4 is 5.56 Å². The molecular formula is C17H15ClN6O2. The molecule has 132 valence electrons. The number of nitrogens with zero attached hydrogens (tertiary/aromatic N) is 6. The Labute approximate surface area is 153 Å². The quantitative estimate of drug-likeness (QED) is 0.533. The maximum Gasteiger partial charge on any atom is 0.279 e. The fourth-order valence-corrected chi connectivity index (χ4v) is 2.84. The van der Waals surface area contributed by atoms with Crippen molar-refractivity contribution in [1.29, 1.82) is 0 Å². The van der Waals surface area contributed by atoms with Crippen LogP contribution in [0.25, 0.3) is 11.0 Å². The molecule has 4 aromatic rings. The van der Waals surface area contributed by atoms with Gasteiger partial charge in [0, 0.05) is 18.5 Å². The molecule has 9 heteroatoms. The molecule has 0 radical (unpaired) electrons. The first-order valence-corrected chi connectivity index (χ1v) is 8.41. The van der Waals surface area contributed by atoms with Crippen molar-refractivity contribution in [3.63, 3.8) is 0 Å². The van der Waals surface area contributed by atoms with Crippen LogP contribution in [0.4, 0.5) is 0 Å². The lowest BCUT2D eigenvalue weighted by atomic mass is 10.1. The molecule has 8 nitrogen and oxygen atoms in total. The van der Waals surface area contributed by atoms with E-state index in [1.165, 1.54) is 15.6 Å². The maximum atomic E-state index is 12.5. The topological polar surface area (TPSA) is 91.6 Å². The Morgan fingerprint density at radius 1 is 1.19 bits per heavy atom. The molecule has 0 spiro atoms. The Kier molecular flexibility index (Phi) is 4.26. The van der Waals surface area contributed by atoms with E-state index in [4.69, 9.17) is 16.1 Å². The molecule has 0 aliphatic carbocycles. The van der Waals surface area contributed by atoms with Gasteiger partial charge in [-0.2, -0.15) is 10.1 Å². The second kappa shape index (κ2) is 6.72. The van der Waals surface area contributed by atoms with Gasteiger partial charge in [0.25, 0.3) is 5.56 Å². The number of hydrogen-bond acceptors (Lipinski definition) is 6. The molecule has 26 heavy (non-hydrogen) atoms. The molecule has 0 bridgehead atoms. The number of benzene rings is 1. The van der Waals surface area contributed by atoms with E-state index in [2.05, 4.69) is 20.2 Å². The fourth-order valence-electron chi connectivity index (χ4n) is 2.71. The van der Waals surface area contributed by atoms with E-state index < -0.39 is 0 Å². The maximum absolute atomic E-state index is 12.5. The van der Waals surface area contributed by atoms with Crippen LogP contribution in [0.2, 0.25) is 5.02 Å². The van der Waals surface area contributed by atoms with E-state index >= 15 is 0 Å². The summed E-state index contributed by atoms with van der Waals surface area (Å²) >= 11 is 5.88. The molecule has 4 rings (SSSR count). The lowest BCUT2D eigenvalue weighted by molar-refractivity contribution is 0.364. The standard InChI is InChI=1S/C17H15ClN6O2/c1-23-16-13(8-20-23)19-10-24(17(16)25)9-15-21-14(22-26-15)7-4-11-2-5-12(18)6-3-11/h2-3,5-6,8,10H,4,7,9H2,1H3. The molecule has 0 amide bonds. The highest BCUT2D eigenvalue weighted by molar-refractivity contribution is 6.30. The molecule has 0 atom stereocenters. The Bertz CT molecular complexity index is 1110. The van der Waals surface area contributed by atoms with Gasteiger partial charge in [0.15, 0.2) is 11.3 Å². The molecule has 1 aromatic carbocycles. The van der Waals surface area contributed by atoms with Crippen molar-refractivity contribution in [3.05, 3.63) is 69.4 Å². The smallest absolute Gasteiger partial charge is 0.279 e. The zero-order chi connectivity index (χ0) is 18.1. The van der Waals surface area contributed by atoms with E-state index in [1.807, 2.05) is 24.3 Å². The number of rotatable bonds is 5. The Balaban J connectivity index is 1.48. The highest BCUT2D eigenvalue weighted by atomic mass is 35.5. The number of halogens is 1. The van der Waals surface area contributed by atoms with Crippen LogP contribution in [-0.2, 0) is 26.4 Å². The summed E-state index contributed by atoms with van der Waals surface area (Å²) in [6, 6.07) is 7.65. The SMILES string of the molecule is Cn1ncc2ncn(Cc3nc(CCc4ccc(Cl)cc4)no3)c(=O)c21. The summed E-state index contributed by atoms with van der Waals surface area (Å²) in [6.07, 6.45) is 4.43. The van der Waals surface area contributed by atoms with E-state index in [1.54, 1.807) is 13.2 Å². The average Bonchev–Trinajstić information content (AvgIpc) is 3.24. The summed E-state index contributed by atoms with van der Waals surface area (Å²) in [5.41, 5.74) is 1.94. The summed E-state index contributed by atoms with van der Waals surface area (Å²) < 4.78 is 8.20. The van der Waals surface area contributed by atoms with E-state index in [0.29, 0.717) is 34.2 Å². The zero-order valence-electron chi connectivity index (χ0n) is 14.0. The molecule has 0 unspecified atom stereocenters. The molecule has 0 fully saturated rings. The van der Waals surface area contributed by atoms with Gasteiger partial charge in [-0.15, -0.1) is 0 Å². The van der Waals surface area contributed by atoms with Crippen LogP contribution in [0.5, 0.6) is 0 Å². The van der Waals surface area contributed by atoms with E-state index in [-0.39, 0.29) is 12.1 Å². The van der Waals surface area contributed by atoms with Crippen molar-refractivity contribution in [1.82, 2.24) is 29.5 Å². The van der Waals surface area contributed by atoms with Gasteiger partial charge in [-0.25, -0.2) is 4.98 Å². The summed E-state index contributed by atoms with van der Waals surface area (Å²) in [4.78, 5) is 21.1. The molecule has 0 aliphatic heterocycles. The van der Waals surface area contributed by atoms with Gasteiger partial charge >= 0.3 is 0 Å². The zero-order valence-corrected chi connectivity index (χ0v) is 14.7. The molecular weight excluding hydrogens is 356 g/mol. The van der Waals surface area contributed by atoms with Crippen molar-refractivity contribution in [2.45, 2.75) is 19.4 Å². The van der Waals surface area contributed by atoms with Crippen LogP contribution in [-0.4, -0.2) is 29.5 Å². The number of hydrogen-bond donors (Lipinski definition) is 0. The molecule has 3 aromatic heterocycles. The van der Waals surface area contributed by atoms with E-state index in [0.717, 1.165) is 12.0 Å². The minimum atomic E-state index is -0.198. The van der Waals surface area contributed by atoms with Crippen molar-refractivity contribution in [2.75, 3.05) is 0 Å². The lowest BCUT2D eigenvalue weighted by Crippen LogP contribution is -2.22. The van der Waals surface area contributed by atoms with Crippen molar-refractivity contribution < 1.29 is 4.52 Å². The number of aromatic nitrogens is 6. The Morgan fingerprint density at radius 2 is 2.00 bits per heavy atom. The van der Waals surface area contributed by atoms with Gasteiger partial charge in [-0.3, -0.25) is 14.0 Å². The van der Waals surface area contributed by atoms with E-state index in [9.17, 15) is 4.79 Å². The van der Waals surface area contributed by atoms with Gasteiger partial charge in [0.1, 0.15) is 12.1 Å². The Hall–Kier alpha value is -3.00. The van der Waals surface area contributed by atoms with Crippen molar-refractivity contribution in [2.24, 2.45) is 7.05 Å². The Morgan fingerprint density at radius 3 is 2.81 bits per heavy atom. The highest BCUT2D eigenvalue weighted by Crippen LogP contribution is 2.12. The second-order valence-electron chi connectivity index (χ2n) is 5.91. The third-order valence-corrected chi connectivity index (χ3v) is 4.34. The van der Waals surface area contributed by atoms with Gasteiger partial charge in [-0.1, -0.05) is 28.9 Å². The molecule has 3 heterocycles. The van der Waals surface area contributed by atoms with Crippen LogP contribution in [0.1, 0.15) is 17.3 Å². The van der Waals surface area contributed by atoms with Gasteiger partial charge in [-0.05, 0) is 24.1 Å². The first-order valence-electron chi connectivity index (χ1n) is 8.03. The first-order chi connectivity index (χ1) is 12.6.